The van der Waals surface area contributed by atoms with E-state index >= 15 is 0 Å². The van der Waals surface area contributed by atoms with Gasteiger partial charge in [-0.2, -0.15) is 0 Å². The number of aryl methyl sites for hydroxylation is 2. The van der Waals surface area contributed by atoms with Gasteiger partial charge in [0.15, 0.2) is 0 Å². The lowest BCUT2D eigenvalue weighted by molar-refractivity contribution is 0.0960. The fraction of sp³-hybridized carbons (Fsp3) is 0.421. The molecule has 2 nitrogen and oxygen atoms in total. The van der Waals surface area contributed by atoms with Crippen LogP contribution >= 0.6 is 0 Å². The maximum Gasteiger partial charge on any atom is 0.261 e. The molecular formula is C19H25NO. The molecule has 0 saturated carbocycles. The number of carbonyl (C=O) groups is 1. The molecule has 0 fully saturated rings. The summed E-state index contributed by atoms with van der Waals surface area (Å²) in [5.74, 6) is 0.0658. The van der Waals surface area contributed by atoms with E-state index in [4.69, 9.17) is 0 Å². The number of aromatic nitrogens is 1. The molecule has 0 aliphatic heterocycles. The highest BCUT2D eigenvalue weighted by Crippen LogP contribution is 2.18. The van der Waals surface area contributed by atoms with Crippen LogP contribution in [0.25, 0.3) is 0 Å². The molecule has 2 aromatic rings. The van der Waals surface area contributed by atoms with E-state index in [1.54, 1.807) is 4.57 Å². The van der Waals surface area contributed by atoms with Gasteiger partial charge >= 0.3 is 0 Å². The highest BCUT2D eigenvalue weighted by Gasteiger charge is 2.12. The average Bonchev–Trinajstić information content (AvgIpc) is 2.94. The van der Waals surface area contributed by atoms with Gasteiger partial charge in [0, 0.05) is 18.0 Å². The smallest absolute Gasteiger partial charge is 0.261 e. The first-order valence-corrected chi connectivity index (χ1v) is 8.05. The summed E-state index contributed by atoms with van der Waals surface area (Å²) in [4.78, 5) is 12.5. The molecule has 0 radical (unpaired) electrons. The van der Waals surface area contributed by atoms with E-state index in [-0.39, 0.29) is 5.91 Å². The maximum absolute atomic E-state index is 12.5. The number of carbonyl (C=O) groups excluding carboxylic acids is 1. The Bertz CT molecular complexity index is 543. The third-order valence-corrected chi connectivity index (χ3v) is 3.86. The van der Waals surface area contributed by atoms with Gasteiger partial charge in [-0.05, 0) is 48.9 Å². The third-order valence-electron chi connectivity index (χ3n) is 3.86. The Balaban J connectivity index is 2.23. The van der Waals surface area contributed by atoms with E-state index in [1.165, 1.54) is 36.8 Å². The Morgan fingerprint density at radius 1 is 0.905 bits per heavy atom. The summed E-state index contributed by atoms with van der Waals surface area (Å²) in [6.45, 7) is 4.41. The van der Waals surface area contributed by atoms with E-state index in [0.717, 1.165) is 18.4 Å². The van der Waals surface area contributed by atoms with Crippen LogP contribution in [0.3, 0.4) is 0 Å². The molecule has 0 N–H and O–H groups in total. The number of hydrogen-bond donors (Lipinski definition) is 0. The number of hydrogen-bond acceptors (Lipinski definition) is 1. The minimum absolute atomic E-state index is 0.0658. The number of rotatable bonds is 7. The zero-order valence-electron chi connectivity index (χ0n) is 13.1. The number of benzene rings is 1. The first kappa shape index (κ1) is 15.6. The summed E-state index contributed by atoms with van der Waals surface area (Å²) < 4.78 is 1.77. The summed E-state index contributed by atoms with van der Waals surface area (Å²) in [5, 5.41) is 0. The Morgan fingerprint density at radius 2 is 1.43 bits per heavy atom. The summed E-state index contributed by atoms with van der Waals surface area (Å²) in [7, 11) is 0. The van der Waals surface area contributed by atoms with E-state index < -0.39 is 0 Å². The zero-order chi connectivity index (χ0) is 15.1. The molecule has 0 unspecified atom stereocenters. The molecule has 1 aromatic heterocycles. The quantitative estimate of drug-likeness (QED) is 0.711. The fourth-order valence-corrected chi connectivity index (χ4v) is 2.57. The minimum atomic E-state index is 0.0658. The van der Waals surface area contributed by atoms with Gasteiger partial charge in [0.05, 0.1) is 0 Å². The first-order chi connectivity index (χ1) is 10.3. The van der Waals surface area contributed by atoms with Crippen LogP contribution in [0.4, 0.5) is 0 Å². The van der Waals surface area contributed by atoms with Crippen molar-refractivity contribution < 1.29 is 4.79 Å². The first-order valence-electron chi connectivity index (χ1n) is 8.05. The second kappa shape index (κ2) is 7.82. The largest absolute Gasteiger partial charge is 0.290 e. The van der Waals surface area contributed by atoms with Crippen LogP contribution in [0, 0.1) is 0 Å². The third kappa shape index (κ3) is 4.07. The van der Waals surface area contributed by atoms with Crippen molar-refractivity contribution >= 4 is 5.91 Å². The average molecular weight is 283 g/mol. The second-order valence-electron chi connectivity index (χ2n) is 5.59. The fourth-order valence-electron chi connectivity index (χ4n) is 2.57. The Kier molecular flexibility index (Phi) is 5.79. The summed E-state index contributed by atoms with van der Waals surface area (Å²) >= 11 is 0. The van der Waals surface area contributed by atoms with E-state index in [1.807, 2.05) is 42.7 Å². The van der Waals surface area contributed by atoms with Gasteiger partial charge in [-0.3, -0.25) is 9.36 Å². The van der Waals surface area contributed by atoms with E-state index in [9.17, 15) is 4.79 Å². The van der Waals surface area contributed by atoms with Crippen LogP contribution in [0.5, 0.6) is 0 Å². The molecule has 1 heterocycles. The molecule has 21 heavy (non-hydrogen) atoms. The molecule has 0 atom stereocenters. The summed E-state index contributed by atoms with van der Waals surface area (Å²) in [6.07, 6.45) is 11.0. The van der Waals surface area contributed by atoms with Gasteiger partial charge in [0.25, 0.3) is 5.91 Å². The maximum atomic E-state index is 12.5. The predicted molar refractivity (Wildman–Crippen MR) is 87.8 cm³/mol. The SMILES string of the molecule is CCCCc1cn(C(=O)c2ccccc2)cc1CCCC. The van der Waals surface area contributed by atoms with Gasteiger partial charge in [-0.25, -0.2) is 0 Å². The van der Waals surface area contributed by atoms with E-state index in [0.29, 0.717) is 0 Å². The van der Waals surface area contributed by atoms with Crippen LogP contribution in [-0.4, -0.2) is 10.5 Å². The van der Waals surface area contributed by atoms with Gasteiger partial charge in [-0.1, -0.05) is 44.9 Å². The Labute approximate surface area is 127 Å². The van der Waals surface area contributed by atoms with Gasteiger partial charge < -0.3 is 0 Å². The summed E-state index contributed by atoms with van der Waals surface area (Å²) in [5.41, 5.74) is 3.43. The van der Waals surface area contributed by atoms with Crippen LogP contribution in [0.15, 0.2) is 42.7 Å². The van der Waals surface area contributed by atoms with Crippen LogP contribution in [0.1, 0.15) is 61.0 Å². The molecule has 2 heteroatoms. The molecule has 0 saturated heterocycles. The van der Waals surface area contributed by atoms with Crippen molar-refractivity contribution in [2.45, 2.75) is 52.4 Å². The second-order valence-corrected chi connectivity index (χ2v) is 5.59. The highest BCUT2D eigenvalue weighted by molar-refractivity contribution is 5.96. The van der Waals surface area contributed by atoms with Crippen molar-refractivity contribution in [2.24, 2.45) is 0 Å². The molecule has 2 rings (SSSR count). The summed E-state index contributed by atoms with van der Waals surface area (Å²) in [6, 6.07) is 9.50. The Morgan fingerprint density at radius 3 is 1.90 bits per heavy atom. The van der Waals surface area contributed by atoms with Crippen molar-refractivity contribution in [1.82, 2.24) is 4.57 Å². The predicted octanol–water partition coefficient (Wildman–Crippen LogP) is 4.86. The lowest BCUT2D eigenvalue weighted by Gasteiger charge is -2.01. The molecule has 1 aromatic carbocycles. The lowest BCUT2D eigenvalue weighted by Crippen LogP contribution is -2.09. The monoisotopic (exact) mass is 283 g/mol. The standard InChI is InChI=1S/C19H25NO/c1-3-5-10-17-14-20(15-18(17)11-6-4-2)19(21)16-12-8-7-9-13-16/h7-9,12-15H,3-6,10-11H2,1-2H3. The minimum Gasteiger partial charge on any atom is -0.290 e. The van der Waals surface area contributed by atoms with Crippen molar-refractivity contribution in [3.63, 3.8) is 0 Å². The van der Waals surface area contributed by atoms with Gasteiger partial charge in [0.2, 0.25) is 0 Å². The van der Waals surface area contributed by atoms with Crippen molar-refractivity contribution in [3.8, 4) is 0 Å². The van der Waals surface area contributed by atoms with Gasteiger partial charge in [0.1, 0.15) is 0 Å². The topological polar surface area (TPSA) is 22.0 Å². The molecule has 0 spiro atoms. The Hall–Kier alpha value is -1.83. The zero-order valence-corrected chi connectivity index (χ0v) is 13.1. The van der Waals surface area contributed by atoms with E-state index in [2.05, 4.69) is 13.8 Å². The van der Waals surface area contributed by atoms with Crippen LogP contribution < -0.4 is 0 Å². The van der Waals surface area contributed by atoms with Crippen molar-refractivity contribution in [2.75, 3.05) is 0 Å². The van der Waals surface area contributed by atoms with Crippen LogP contribution in [0.2, 0.25) is 0 Å². The molecule has 0 aliphatic carbocycles. The highest BCUT2D eigenvalue weighted by atomic mass is 16.2. The number of nitrogens with zero attached hydrogens (tertiary/aromatic N) is 1. The van der Waals surface area contributed by atoms with Gasteiger partial charge in [-0.15, -0.1) is 0 Å². The van der Waals surface area contributed by atoms with Crippen molar-refractivity contribution in [3.05, 3.63) is 59.4 Å². The molecule has 0 aliphatic rings. The molecular weight excluding hydrogens is 258 g/mol. The van der Waals surface area contributed by atoms with Crippen molar-refractivity contribution in [1.29, 1.82) is 0 Å². The normalized spacial score (nSPS) is 10.8. The number of unbranched alkanes of at least 4 members (excludes halogenated alkanes) is 2. The lowest BCUT2D eigenvalue weighted by atomic mass is 10.0. The molecule has 0 amide bonds. The molecule has 0 bridgehead atoms. The molecule has 112 valence electrons. The van der Waals surface area contributed by atoms with Crippen LogP contribution in [-0.2, 0) is 12.8 Å².